The molecule has 2 N–H and O–H groups in total. The highest BCUT2D eigenvalue weighted by atomic mass is 19.1. The third-order valence-electron chi connectivity index (χ3n) is 2.87. The van der Waals surface area contributed by atoms with E-state index in [1.54, 1.807) is 26.0 Å². The average molecular weight is 282 g/mol. The Bertz CT molecular complexity index is 491. The molecule has 0 aliphatic carbocycles. The van der Waals surface area contributed by atoms with Gasteiger partial charge in [-0.2, -0.15) is 0 Å². The van der Waals surface area contributed by atoms with E-state index in [1.165, 1.54) is 24.1 Å². The van der Waals surface area contributed by atoms with E-state index < -0.39 is 18.0 Å². The van der Waals surface area contributed by atoms with Crippen molar-refractivity contribution in [2.45, 2.75) is 26.4 Å². The number of hydrogen-bond donors (Lipinski definition) is 2. The number of hydrogen-bond acceptors (Lipinski definition) is 2. The first-order valence-electron chi connectivity index (χ1n) is 6.30. The molecule has 0 heterocycles. The number of carbonyl (C=O) groups excluding carboxylic acids is 1. The van der Waals surface area contributed by atoms with Gasteiger partial charge in [0.25, 0.3) is 0 Å². The first-order valence-corrected chi connectivity index (χ1v) is 6.30. The molecule has 6 heteroatoms. The van der Waals surface area contributed by atoms with Crippen LogP contribution in [0.2, 0.25) is 0 Å². The summed E-state index contributed by atoms with van der Waals surface area (Å²) in [5.74, 6) is -1.67. The second-order valence-corrected chi connectivity index (χ2v) is 5.00. The lowest BCUT2D eigenvalue weighted by atomic mass is 10.1. The van der Waals surface area contributed by atoms with Crippen LogP contribution >= 0.6 is 0 Å². The van der Waals surface area contributed by atoms with Crippen LogP contribution in [0.4, 0.5) is 9.18 Å². The summed E-state index contributed by atoms with van der Waals surface area (Å²) in [7, 11) is 1.53. The van der Waals surface area contributed by atoms with Crippen molar-refractivity contribution >= 4 is 12.0 Å². The van der Waals surface area contributed by atoms with Gasteiger partial charge < -0.3 is 15.3 Å². The van der Waals surface area contributed by atoms with E-state index in [9.17, 15) is 14.0 Å². The molecule has 1 rings (SSSR count). The van der Waals surface area contributed by atoms with Gasteiger partial charge >= 0.3 is 12.0 Å². The van der Waals surface area contributed by atoms with Crippen molar-refractivity contribution in [3.8, 4) is 0 Å². The van der Waals surface area contributed by atoms with E-state index in [2.05, 4.69) is 5.32 Å². The Morgan fingerprint density at radius 3 is 2.55 bits per heavy atom. The van der Waals surface area contributed by atoms with Crippen molar-refractivity contribution in [2.24, 2.45) is 5.92 Å². The Kier molecular flexibility index (Phi) is 5.49. The molecule has 1 aromatic rings. The van der Waals surface area contributed by atoms with Crippen LogP contribution < -0.4 is 5.32 Å². The quantitative estimate of drug-likeness (QED) is 0.868. The molecular weight excluding hydrogens is 263 g/mol. The summed E-state index contributed by atoms with van der Waals surface area (Å²) in [4.78, 5) is 24.2. The number of aliphatic carboxylic acids is 1. The average Bonchev–Trinajstić information content (AvgIpc) is 2.34. The molecule has 0 fully saturated rings. The van der Waals surface area contributed by atoms with Gasteiger partial charge in [0.15, 0.2) is 0 Å². The molecule has 0 aliphatic rings. The number of amides is 2. The van der Waals surface area contributed by atoms with Crippen LogP contribution in [0.3, 0.4) is 0 Å². The van der Waals surface area contributed by atoms with Gasteiger partial charge in [0.1, 0.15) is 11.9 Å². The van der Waals surface area contributed by atoms with Crippen molar-refractivity contribution in [1.82, 2.24) is 10.2 Å². The van der Waals surface area contributed by atoms with E-state index in [4.69, 9.17) is 5.11 Å². The first-order chi connectivity index (χ1) is 9.31. The predicted octanol–water partition coefficient (Wildman–Crippen LogP) is 2.08. The highest BCUT2D eigenvalue weighted by molar-refractivity contribution is 5.82. The fourth-order valence-electron chi connectivity index (χ4n) is 1.74. The molecule has 0 bridgehead atoms. The van der Waals surface area contributed by atoms with Crippen LogP contribution in [-0.2, 0) is 11.3 Å². The van der Waals surface area contributed by atoms with Gasteiger partial charge in [-0.3, -0.25) is 0 Å². The molecule has 20 heavy (non-hydrogen) atoms. The van der Waals surface area contributed by atoms with Gasteiger partial charge in [-0.25, -0.2) is 14.0 Å². The zero-order chi connectivity index (χ0) is 15.3. The minimum Gasteiger partial charge on any atom is -0.480 e. The summed E-state index contributed by atoms with van der Waals surface area (Å²) >= 11 is 0. The third-order valence-corrected chi connectivity index (χ3v) is 2.87. The largest absolute Gasteiger partial charge is 0.480 e. The molecule has 0 spiro atoms. The lowest BCUT2D eigenvalue weighted by Gasteiger charge is -2.23. The third kappa shape index (κ3) is 4.53. The molecular formula is C14H19FN2O3. The number of nitrogens with zero attached hydrogens (tertiary/aromatic N) is 1. The number of carbonyl (C=O) groups is 2. The maximum absolute atomic E-state index is 13.0. The molecule has 1 unspecified atom stereocenters. The molecule has 0 aliphatic heterocycles. The number of carboxylic acid groups (broad SMARTS) is 1. The van der Waals surface area contributed by atoms with Gasteiger partial charge in [-0.05, 0) is 23.6 Å². The van der Waals surface area contributed by atoms with Gasteiger partial charge in [0.05, 0.1) is 0 Å². The summed E-state index contributed by atoms with van der Waals surface area (Å²) in [5.41, 5.74) is 0.638. The van der Waals surface area contributed by atoms with E-state index >= 15 is 0 Å². The molecule has 110 valence electrons. The Morgan fingerprint density at radius 2 is 2.05 bits per heavy atom. The van der Waals surface area contributed by atoms with Crippen molar-refractivity contribution in [3.63, 3.8) is 0 Å². The molecule has 2 amide bonds. The predicted molar refractivity (Wildman–Crippen MR) is 72.7 cm³/mol. The first kappa shape index (κ1) is 15.9. The van der Waals surface area contributed by atoms with Gasteiger partial charge in [0.2, 0.25) is 0 Å². The number of benzene rings is 1. The van der Waals surface area contributed by atoms with Crippen LogP contribution in [0, 0.1) is 11.7 Å². The SMILES string of the molecule is CC(C)C(NC(=O)N(C)Cc1cccc(F)c1)C(=O)O. The maximum atomic E-state index is 13.0. The van der Waals surface area contributed by atoms with Crippen LogP contribution in [0.5, 0.6) is 0 Å². The number of nitrogens with one attached hydrogen (secondary N) is 1. The summed E-state index contributed by atoms with van der Waals surface area (Å²) in [6.07, 6.45) is 0. The molecule has 1 aromatic carbocycles. The summed E-state index contributed by atoms with van der Waals surface area (Å²) in [5, 5.41) is 11.5. The van der Waals surface area contributed by atoms with Gasteiger partial charge in [-0.15, -0.1) is 0 Å². The normalized spacial score (nSPS) is 12.1. The highest BCUT2D eigenvalue weighted by Gasteiger charge is 2.24. The van der Waals surface area contributed by atoms with Crippen LogP contribution in [0.25, 0.3) is 0 Å². The lowest BCUT2D eigenvalue weighted by Crippen LogP contribution is -2.48. The van der Waals surface area contributed by atoms with E-state index in [0.717, 1.165) is 0 Å². The second kappa shape index (κ2) is 6.88. The van der Waals surface area contributed by atoms with Crippen LogP contribution in [0.1, 0.15) is 19.4 Å². The Morgan fingerprint density at radius 1 is 1.40 bits per heavy atom. The summed E-state index contributed by atoms with van der Waals surface area (Å²) < 4.78 is 13.0. The van der Waals surface area contributed by atoms with E-state index in [1.807, 2.05) is 0 Å². The summed E-state index contributed by atoms with van der Waals surface area (Å²) in [6, 6.07) is 4.46. The number of urea groups is 1. The van der Waals surface area contributed by atoms with Crippen LogP contribution in [0.15, 0.2) is 24.3 Å². The fourth-order valence-corrected chi connectivity index (χ4v) is 1.74. The summed E-state index contributed by atoms with van der Waals surface area (Å²) in [6.45, 7) is 3.63. The fraction of sp³-hybridized carbons (Fsp3) is 0.429. The number of halogens is 1. The van der Waals surface area contributed by atoms with Gasteiger partial charge in [0, 0.05) is 13.6 Å². The molecule has 1 atom stereocenters. The number of rotatable bonds is 5. The number of carboxylic acids is 1. The lowest BCUT2D eigenvalue weighted by molar-refractivity contribution is -0.140. The van der Waals surface area contributed by atoms with Gasteiger partial charge in [-0.1, -0.05) is 26.0 Å². The van der Waals surface area contributed by atoms with Crippen molar-refractivity contribution in [1.29, 1.82) is 0 Å². The van der Waals surface area contributed by atoms with E-state index in [0.29, 0.717) is 5.56 Å². The van der Waals surface area contributed by atoms with E-state index in [-0.39, 0.29) is 18.3 Å². The topological polar surface area (TPSA) is 69.6 Å². The van der Waals surface area contributed by atoms with Crippen molar-refractivity contribution in [2.75, 3.05) is 7.05 Å². The molecule has 0 aromatic heterocycles. The highest BCUT2D eigenvalue weighted by Crippen LogP contribution is 2.07. The zero-order valence-electron chi connectivity index (χ0n) is 11.8. The monoisotopic (exact) mass is 282 g/mol. The van der Waals surface area contributed by atoms with Crippen molar-refractivity contribution < 1.29 is 19.1 Å². The maximum Gasteiger partial charge on any atom is 0.326 e. The minimum absolute atomic E-state index is 0.202. The second-order valence-electron chi connectivity index (χ2n) is 5.00. The zero-order valence-corrected chi connectivity index (χ0v) is 11.8. The Balaban J connectivity index is 2.65. The van der Waals surface area contributed by atoms with Crippen LogP contribution in [-0.4, -0.2) is 35.1 Å². The smallest absolute Gasteiger partial charge is 0.326 e. The van der Waals surface area contributed by atoms with Crippen molar-refractivity contribution in [3.05, 3.63) is 35.6 Å². The Hall–Kier alpha value is -2.11. The Labute approximate surface area is 117 Å². The minimum atomic E-state index is -1.08. The standard InChI is InChI=1S/C14H19FN2O3/c1-9(2)12(13(18)19)16-14(20)17(3)8-10-5-4-6-11(15)7-10/h4-7,9,12H,8H2,1-3H3,(H,16,20)(H,18,19). The molecule has 5 nitrogen and oxygen atoms in total. The molecule has 0 saturated carbocycles. The molecule has 0 radical (unpaired) electrons. The molecule has 0 saturated heterocycles.